The van der Waals surface area contributed by atoms with Crippen LogP contribution in [0, 0.1) is 24.6 Å². The zero-order valence-electron chi connectivity index (χ0n) is 18.0. The molecule has 7 heteroatoms. The van der Waals surface area contributed by atoms with Crippen LogP contribution in [0.25, 0.3) is 0 Å². The Hall–Kier alpha value is -3.35. The van der Waals surface area contributed by atoms with Crippen molar-refractivity contribution < 1.29 is 9.18 Å². The molecule has 3 heterocycles. The van der Waals surface area contributed by atoms with Gasteiger partial charge in [0.25, 0.3) is 5.91 Å². The van der Waals surface area contributed by atoms with Crippen LogP contribution in [0.4, 0.5) is 15.9 Å². The molecule has 2 fully saturated rings. The van der Waals surface area contributed by atoms with E-state index >= 15 is 0 Å². The number of nitrogens with one attached hydrogen (secondary N) is 1. The number of pyridine rings is 1. The van der Waals surface area contributed by atoms with Crippen molar-refractivity contribution in [1.82, 2.24) is 20.3 Å². The third kappa shape index (κ3) is 3.06. The number of carbonyl (C=O) groups is 1. The molecule has 1 aromatic carbocycles. The number of fused-ring (bicyclic) bond motifs is 3. The normalized spacial score (nSPS) is 27.3. The van der Waals surface area contributed by atoms with Crippen LogP contribution in [0.5, 0.6) is 0 Å². The van der Waals surface area contributed by atoms with Crippen LogP contribution in [0.3, 0.4) is 0 Å². The second-order valence-corrected chi connectivity index (χ2v) is 9.31. The second-order valence-electron chi connectivity index (χ2n) is 9.31. The van der Waals surface area contributed by atoms with Gasteiger partial charge in [0, 0.05) is 24.2 Å². The van der Waals surface area contributed by atoms with Gasteiger partial charge >= 0.3 is 0 Å². The zero-order chi connectivity index (χ0) is 22.0. The average molecular weight is 429 g/mol. The molecule has 1 N–H and O–H groups in total. The van der Waals surface area contributed by atoms with Gasteiger partial charge in [0.05, 0.1) is 22.6 Å². The Morgan fingerprint density at radius 1 is 1.16 bits per heavy atom. The first kappa shape index (κ1) is 19.3. The first-order valence-electron chi connectivity index (χ1n) is 11.1. The van der Waals surface area contributed by atoms with Crippen molar-refractivity contribution in [2.24, 2.45) is 11.8 Å². The van der Waals surface area contributed by atoms with Crippen LogP contribution in [-0.2, 0) is 5.54 Å². The molecule has 2 saturated carbocycles. The van der Waals surface area contributed by atoms with E-state index in [0.29, 0.717) is 17.4 Å². The molecule has 6 rings (SSSR count). The van der Waals surface area contributed by atoms with Gasteiger partial charge in [-0.15, -0.1) is 0 Å². The number of benzene rings is 1. The molecule has 6 nitrogen and oxygen atoms in total. The van der Waals surface area contributed by atoms with E-state index in [4.69, 9.17) is 4.98 Å². The van der Waals surface area contributed by atoms with Crippen molar-refractivity contribution in [3.05, 3.63) is 77.3 Å². The standard InChI is InChI=1S/C25H24FN5O/c1-14-12-25(14,30-24(32)16-3-5-18(26)6-4-16)21-8-7-20-23(29-21)19-11-17(19)13-31(20)22-9-10-27-15(2)28-22/h3-10,14,17,19H,11-13H2,1-2H3,(H,30,32)/t14-,17+,19+,25-/m0/s1. The zero-order valence-corrected chi connectivity index (χ0v) is 18.0. The number of amides is 1. The number of aromatic nitrogens is 3. The van der Waals surface area contributed by atoms with Crippen molar-refractivity contribution in [3.8, 4) is 0 Å². The highest BCUT2D eigenvalue weighted by atomic mass is 19.1. The third-order valence-corrected chi connectivity index (χ3v) is 7.13. The van der Waals surface area contributed by atoms with Gasteiger partial charge in [-0.05, 0) is 74.1 Å². The van der Waals surface area contributed by atoms with Crippen LogP contribution in [0.1, 0.15) is 53.3 Å². The summed E-state index contributed by atoms with van der Waals surface area (Å²) in [5.74, 6) is 2.45. The minimum Gasteiger partial charge on any atom is -0.341 e. The first-order valence-corrected chi connectivity index (χ1v) is 11.1. The number of hydrogen-bond acceptors (Lipinski definition) is 5. The quantitative estimate of drug-likeness (QED) is 0.672. The molecule has 32 heavy (non-hydrogen) atoms. The van der Waals surface area contributed by atoms with Crippen molar-refractivity contribution in [2.45, 2.75) is 38.1 Å². The number of aryl methyl sites for hydroxylation is 1. The maximum Gasteiger partial charge on any atom is 0.252 e. The minimum atomic E-state index is -0.474. The SMILES string of the molecule is Cc1nccc(N2C[C@H]3C[C@H]3c3nc([C@]4(NC(=O)c5ccc(F)cc5)C[C@@H]4C)ccc32)n1. The van der Waals surface area contributed by atoms with E-state index in [0.717, 1.165) is 48.1 Å². The summed E-state index contributed by atoms with van der Waals surface area (Å²) in [7, 11) is 0. The summed E-state index contributed by atoms with van der Waals surface area (Å²) < 4.78 is 13.3. The lowest BCUT2D eigenvalue weighted by atomic mass is 10.0. The van der Waals surface area contributed by atoms with E-state index in [1.165, 1.54) is 24.3 Å². The molecular formula is C25H24FN5O. The lowest BCUT2D eigenvalue weighted by molar-refractivity contribution is 0.0926. The van der Waals surface area contributed by atoms with Crippen molar-refractivity contribution in [3.63, 3.8) is 0 Å². The maximum atomic E-state index is 13.3. The molecule has 3 aromatic rings. The van der Waals surface area contributed by atoms with E-state index < -0.39 is 5.54 Å². The van der Waals surface area contributed by atoms with Gasteiger partial charge in [-0.25, -0.2) is 14.4 Å². The van der Waals surface area contributed by atoms with Gasteiger partial charge in [-0.2, -0.15) is 0 Å². The molecule has 2 aliphatic carbocycles. The predicted molar refractivity (Wildman–Crippen MR) is 118 cm³/mol. The number of halogens is 1. The van der Waals surface area contributed by atoms with Crippen molar-refractivity contribution in [2.75, 3.05) is 11.4 Å². The monoisotopic (exact) mass is 429 g/mol. The highest BCUT2D eigenvalue weighted by Crippen LogP contribution is 2.57. The van der Waals surface area contributed by atoms with Crippen LogP contribution < -0.4 is 10.2 Å². The fraction of sp³-hybridized carbons (Fsp3) is 0.360. The number of nitrogens with zero attached hydrogens (tertiary/aromatic N) is 4. The number of hydrogen-bond donors (Lipinski definition) is 1. The van der Waals surface area contributed by atoms with E-state index in [-0.39, 0.29) is 17.6 Å². The molecule has 0 spiro atoms. The molecule has 0 radical (unpaired) electrons. The topological polar surface area (TPSA) is 71.0 Å². The van der Waals surface area contributed by atoms with E-state index in [1.807, 2.05) is 19.1 Å². The van der Waals surface area contributed by atoms with Crippen LogP contribution in [0.15, 0.2) is 48.7 Å². The molecule has 4 atom stereocenters. The Morgan fingerprint density at radius 2 is 1.94 bits per heavy atom. The molecular weight excluding hydrogens is 405 g/mol. The smallest absolute Gasteiger partial charge is 0.252 e. The highest BCUT2D eigenvalue weighted by Gasteiger charge is 2.56. The fourth-order valence-corrected chi connectivity index (χ4v) is 5.04. The van der Waals surface area contributed by atoms with Crippen LogP contribution >= 0.6 is 0 Å². The Bertz CT molecular complexity index is 1230. The van der Waals surface area contributed by atoms with Crippen LogP contribution in [0.2, 0.25) is 0 Å². The number of anilines is 2. The van der Waals surface area contributed by atoms with Gasteiger partial charge in [-0.1, -0.05) is 6.92 Å². The lowest BCUT2D eigenvalue weighted by Gasteiger charge is -2.30. The van der Waals surface area contributed by atoms with Gasteiger partial charge in [0.1, 0.15) is 17.5 Å². The van der Waals surface area contributed by atoms with Crippen molar-refractivity contribution >= 4 is 17.4 Å². The van der Waals surface area contributed by atoms with Gasteiger partial charge in [0.15, 0.2) is 0 Å². The van der Waals surface area contributed by atoms with E-state index in [9.17, 15) is 9.18 Å². The number of carbonyl (C=O) groups excluding carboxylic acids is 1. The Labute approximate surface area is 185 Å². The van der Waals surface area contributed by atoms with Gasteiger partial charge in [-0.3, -0.25) is 9.78 Å². The maximum absolute atomic E-state index is 13.3. The molecule has 0 saturated heterocycles. The van der Waals surface area contributed by atoms with Gasteiger partial charge < -0.3 is 10.2 Å². The molecule has 162 valence electrons. The Balaban J connectivity index is 1.33. The summed E-state index contributed by atoms with van der Waals surface area (Å²) in [6, 6.07) is 11.8. The average Bonchev–Trinajstić information content (AvgIpc) is 3.70. The third-order valence-electron chi connectivity index (χ3n) is 7.13. The summed E-state index contributed by atoms with van der Waals surface area (Å²) in [4.78, 5) is 29.1. The first-order chi connectivity index (χ1) is 15.4. The highest BCUT2D eigenvalue weighted by molar-refractivity contribution is 5.95. The molecule has 2 aromatic heterocycles. The summed E-state index contributed by atoms with van der Waals surface area (Å²) in [5, 5.41) is 3.20. The number of rotatable bonds is 4. The summed E-state index contributed by atoms with van der Waals surface area (Å²) in [6.07, 6.45) is 3.77. The minimum absolute atomic E-state index is 0.198. The summed E-state index contributed by atoms with van der Waals surface area (Å²) in [5.41, 5.74) is 3.09. The Morgan fingerprint density at radius 3 is 2.66 bits per heavy atom. The van der Waals surface area contributed by atoms with Crippen molar-refractivity contribution in [1.29, 1.82) is 0 Å². The van der Waals surface area contributed by atoms with Gasteiger partial charge in [0.2, 0.25) is 0 Å². The lowest BCUT2D eigenvalue weighted by Crippen LogP contribution is -2.37. The molecule has 1 amide bonds. The molecule has 0 unspecified atom stereocenters. The Kier molecular flexibility index (Phi) is 4.12. The molecule has 3 aliphatic rings. The molecule has 0 bridgehead atoms. The summed E-state index contributed by atoms with van der Waals surface area (Å²) in [6.45, 7) is 4.97. The van der Waals surface area contributed by atoms with E-state index in [1.54, 1.807) is 6.20 Å². The fourth-order valence-electron chi connectivity index (χ4n) is 5.04. The van der Waals surface area contributed by atoms with E-state index in [2.05, 4.69) is 33.2 Å². The molecule has 1 aliphatic heterocycles. The van der Waals surface area contributed by atoms with Crippen LogP contribution in [-0.4, -0.2) is 27.4 Å². The largest absolute Gasteiger partial charge is 0.341 e. The predicted octanol–water partition coefficient (Wildman–Crippen LogP) is 4.24. The summed E-state index contributed by atoms with van der Waals surface area (Å²) >= 11 is 0. The second kappa shape index (κ2) is 6.82.